The zero-order valence-electron chi connectivity index (χ0n) is 14.3. The Hall–Kier alpha value is -2.13. The van der Waals surface area contributed by atoms with E-state index in [0.717, 1.165) is 0 Å². The van der Waals surface area contributed by atoms with Crippen molar-refractivity contribution < 1.29 is 22.7 Å². The molecule has 2 rings (SSSR count). The largest absolute Gasteiger partial charge is 0.450 e. The molecule has 1 aliphatic heterocycles. The average molecular weight is 369 g/mol. The predicted octanol–water partition coefficient (Wildman–Crippen LogP) is 0.654. The number of piperazine rings is 1. The molecule has 25 heavy (non-hydrogen) atoms. The van der Waals surface area contributed by atoms with Crippen LogP contribution in [0.1, 0.15) is 13.8 Å². The van der Waals surface area contributed by atoms with Gasteiger partial charge in [-0.3, -0.25) is 4.79 Å². The number of benzene rings is 1. The lowest BCUT2D eigenvalue weighted by Gasteiger charge is -2.35. The lowest BCUT2D eigenvalue weighted by Crippen LogP contribution is -2.55. The maximum atomic E-state index is 12.5. The van der Waals surface area contributed by atoms with Crippen LogP contribution >= 0.6 is 0 Å². The van der Waals surface area contributed by atoms with Crippen molar-refractivity contribution in [1.29, 1.82) is 0 Å². The summed E-state index contributed by atoms with van der Waals surface area (Å²) in [6.07, 6.45) is -0.396. The van der Waals surface area contributed by atoms with Crippen molar-refractivity contribution in [3.8, 4) is 0 Å². The summed E-state index contributed by atoms with van der Waals surface area (Å²) in [6.45, 7) is 4.96. The smallest absolute Gasteiger partial charge is 0.409 e. The minimum Gasteiger partial charge on any atom is -0.450 e. The third-order valence-corrected chi connectivity index (χ3v) is 5.43. The van der Waals surface area contributed by atoms with Gasteiger partial charge in [0.2, 0.25) is 15.9 Å². The number of sulfonamides is 1. The summed E-state index contributed by atoms with van der Waals surface area (Å²) in [5.41, 5.74) is 0. The van der Waals surface area contributed by atoms with Gasteiger partial charge in [-0.25, -0.2) is 13.2 Å². The number of carbonyl (C=O) groups is 2. The monoisotopic (exact) mass is 369 g/mol. The van der Waals surface area contributed by atoms with E-state index in [2.05, 4.69) is 4.72 Å². The number of rotatable bonds is 5. The van der Waals surface area contributed by atoms with Crippen LogP contribution in [0.5, 0.6) is 0 Å². The van der Waals surface area contributed by atoms with Crippen LogP contribution in [0.25, 0.3) is 0 Å². The first-order chi connectivity index (χ1) is 11.8. The van der Waals surface area contributed by atoms with Crippen molar-refractivity contribution in [1.82, 2.24) is 14.5 Å². The van der Waals surface area contributed by atoms with Crippen molar-refractivity contribution in [2.75, 3.05) is 32.8 Å². The van der Waals surface area contributed by atoms with E-state index in [4.69, 9.17) is 4.74 Å². The van der Waals surface area contributed by atoms with Gasteiger partial charge in [0.25, 0.3) is 0 Å². The van der Waals surface area contributed by atoms with E-state index in [9.17, 15) is 18.0 Å². The van der Waals surface area contributed by atoms with Gasteiger partial charge in [-0.15, -0.1) is 0 Å². The molecule has 0 radical (unpaired) electrons. The molecular formula is C16H23N3O5S. The molecule has 1 N–H and O–H groups in total. The third kappa shape index (κ3) is 4.93. The van der Waals surface area contributed by atoms with Crippen LogP contribution in [0.4, 0.5) is 4.79 Å². The van der Waals surface area contributed by atoms with Gasteiger partial charge >= 0.3 is 6.09 Å². The molecule has 0 unspecified atom stereocenters. The molecule has 0 bridgehead atoms. The second-order valence-corrected chi connectivity index (χ2v) is 7.38. The molecule has 0 aliphatic carbocycles. The second kappa shape index (κ2) is 8.30. The van der Waals surface area contributed by atoms with Gasteiger partial charge in [0, 0.05) is 26.2 Å². The molecule has 1 saturated heterocycles. The average Bonchev–Trinajstić information content (AvgIpc) is 2.62. The molecule has 1 aromatic carbocycles. The van der Waals surface area contributed by atoms with Crippen molar-refractivity contribution in [2.45, 2.75) is 24.8 Å². The van der Waals surface area contributed by atoms with Crippen LogP contribution in [-0.2, 0) is 19.6 Å². The summed E-state index contributed by atoms with van der Waals surface area (Å²) in [5.74, 6) is -0.317. The fourth-order valence-electron chi connectivity index (χ4n) is 2.55. The molecule has 0 spiro atoms. The Labute approximate surface area is 147 Å². The van der Waals surface area contributed by atoms with E-state index in [1.54, 1.807) is 30.0 Å². The molecule has 1 heterocycles. The fourth-order valence-corrected chi connectivity index (χ4v) is 3.77. The van der Waals surface area contributed by atoms with E-state index in [1.165, 1.54) is 24.0 Å². The fraction of sp³-hybridized carbons (Fsp3) is 0.500. The summed E-state index contributed by atoms with van der Waals surface area (Å²) < 4.78 is 31.9. The van der Waals surface area contributed by atoms with Crippen molar-refractivity contribution >= 4 is 22.0 Å². The number of hydrogen-bond donors (Lipinski definition) is 1. The molecule has 1 aromatic rings. The number of ether oxygens (including phenoxy) is 1. The van der Waals surface area contributed by atoms with Crippen LogP contribution in [0.3, 0.4) is 0 Å². The zero-order valence-corrected chi connectivity index (χ0v) is 15.2. The van der Waals surface area contributed by atoms with Gasteiger partial charge in [-0.2, -0.15) is 4.72 Å². The summed E-state index contributed by atoms with van der Waals surface area (Å²) in [7, 11) is -3.76. The van der Waals surface area contributed by atoms with Crippen LogP contribution in [0.15, 0.2) is 35.2 Å². The van der Waals surface area contributed by atoms with Gasteiger partial charge in [0.15, 0.2) is 0 Å². The molecular weight excluding hydrogens is 346 g/mol. The van der Waals surface area contributed by atoms with E-state index in [-0.39, 0.29) is 10.8 Å². The Kier molecular flexibility index (Phi) is 6.38. The van der Waals surface area contributed by atoms with Crippen molar-refractivity contribution in [3.63, 3.8) is 0 Å². The molecule has 8 nitrogen and oxygen atoms in total. The van der Waals surface area contributed by atoms with Crippen LogP contribution < -0.4 is 4.72 Å². The highest BCUT2D eigenvalue weighted by Gasteiger charge is 2.29. The number of hydrogen-bond acceptors (Lipinski definition) is 5. The Balaban J connectivity index is 1.92. The quantitative estimate of drug-likeness (QED) is 0.822. The maximum absolute atomic E-state index is 12.5. The SMILES string of the molecule is CCOC(=O)N1CCN(C(=O)[C@H](C)NS(=O)(=O)c2ccccc2)CC1. The van der Waals surface area contributed by atoms with E-state index in [0.29, 0.717) is 32.8 Å². The Bertz CT molecular complexity index is 700. The van der Waals surface area contributed by atoms with Gasteiger partial charge < -0.3 is 14.5 Å². The number of nitrogens with zero attached hydrogens (tertiary/aromatic N) is 2. The molecule has 0 aromatic heterocycles. The molecule has 9 heteroatoms. The van der Waals surface area contributed by atoms with Gasteiger partial charge in [-0.1, -0.05) is 18.2 Å². The highest BCUT2D eigenvalue weighted by molar-refractivity contribution is 7.89. The van der Waals surface area contributed by atoms with E-state index >= 15 is 0 Å². The minimum atomic E-state index is -3.76. The third-order valence-electron chi connectivity index (χ3n) is 3.87. The van der Waals surface area contributed by atoms with Gasteiger partial charge in [-0.05, 0) is 26.0 Å². The van der Waals surface area contributed by atoms with E-state index in [1.807, 2.05) is 0 Å². The topological polar surface area (TPSA) is 96.0 Å². The molecule has 1 fully saturated rings. The Morgan fingerprint density at radius 1 is 1.12 bits per heavy atom. The van der Waals surface area contributed by atoms with Gasteiger partial charge in [0.05, 0.1) is 17.5 Å². The molecule has 0 saturated carbocycles. The number of nitrogens with one attached hydrogen (secondary N) is 1. The first-order valence-electron chi connectivity index (χ1n) is 8.13. The summed E-state index contributed by atoms with van der Waals surface area (Å²) in [4.78, 5) is 27.3. The summed E-state index contributed by atoms with van der Waals surface area (Å²) in [6, 6.07) is 7.01. The molecule has 2 amide bonds. The highest BCUT2D eigenvalue weighted by Crippen LogP contribution is 2.10. The maximum Gasteiger partial charge on any atom is 0.409 e. The lowest BCUT2D eigenvalue weighted by atomic mass is 10.2. The zero-order chi connectivity index (χ0) is 18.4. The predicted molar refractivity (Wildman–Crippen MR) is 91.4 cm³/mol. The number of amides is 2. The first-order valence-corrected chi connectivity index (χ1v) is 9.61. The molecule has 1 aliphatic rings. The Morgan fingerprint density at radius 3 is 2.24 bits per heavy atom. The minimum absolute atomic E-state index is 0.113. The standard InChI is InChI=1S/C16H23N3O5S/c1-3-24-16(21)19-11-9-18(10-12-19)15(20)13(2)17-25(22,23)14-7-5-4-6-8-14/h4-8,13,17H,3,9-12H2,1-2H3/t13-/m0/s1. The number of carbonyl (C=O) groups excluding carboxylic acids is 2. The Morgan fingerprint density at radius 2 is 1.68 bits per heavy atom. The second-order valence-electron chi connectivity index (χ2n) is 5.67. The van der Waals surface area contributed by atoms with Crippen LogP contribution in [0.2, 0.25) is 0 Å². The highest BCUT2D eigenvalue weighted by atomic mass is 32.2. The van der Waals surface area contributed by atoms with E-state index < -0.39 is 22.2 Å². The first kappa shape index (κ1) is 19.2. The van der Waals surface area contributed by atoms with Crippen LogP contribution in [-0.4, -0.2) is 69.0 Å². The van der Waals surface area contributed by atoms with Crippen LogP contribution in [0, 0.1) is 0 Å². The van der Waals surface area contributed by atoms with Crippen molar-refractivity contribution in [2.24, 2.45) is 0 Å². The summed E-state index contributed by atoms with van der Waals surface area (Å²) in [5, 5.41) is 0. The van der Waals surface area contributed by atoms with Gasteiger partial charge in [0.1, 0.15) is 0 Å². The lowest BCUT2D eigenvalue weighted by molar-refractivity contribution is -0.134. The summed E-state index contributed by atoms with van der Waals surface area (Å²) >= 11 is 0. The molecule has 138 valence electrons. The molecule has 1 atom stereocenters. The normalized spacial score (nSPS) is 16.4. The van der Waals surface area contributed by atoms with Crippen molar-refractivity contribution in [3.05, 3.63) is 30.3 Å².